The number of hydrogen-bond acceptors (Lipinski definition) is 2. The molecule has 0 aliphatic heterocycles. The molecule has 0 heterocycles. The largest absolute Gasteiger partial charge is 0.481 e. The Morgan fingerprint density at radius 3 is 2.39 bits per heavy atom. The standard InChI is InChI=1S/C13H16Br2O3/c1-7-4-10(15)8(5-9(7)14)11(16)6-13(2,3)12(17)18/h4-5,11,16H,6H2,1-3H3,(H,17,18). The molecule has 1 unspecified atom stereocenters. The molecule has 0 amide bonds. The molecular weight excluding hydrogens is 364 g/mol. The van der Waals surface area contributed by atoms with E-state index in [1.807, 2.05) is 19.1 Å². The van der Waals surface area contributed by atoms with Crippen molar-refractivity contribution in [2.75, 3.05) is 0 Å². The molecule has 0 aliphatic carbocycles. The third-order valence-electron chi connectivity index (χ3n) is 2.92. The lowest BCUT2D eigenvalue weighted by molar-refractivity contribution is -0.148. The molecule has 0 saturated heterocycles. The molecule has 0 bridgehead atoms. The number of carboxylic acids is 1. The van der Waals surface area contributed by atoms with Gasteiger partial charge in [0.2, 0.25) is 0 Å². The Kier molecular flexibility index (Phi) is 4.98. The SMILES string of the molecule is Cc1cc(Br)c(C(O)CC(C)(C)C(=O)O)cc1Br. The minimum Gasteiger partial charge on any atom is -0.481 e. The monoisotopic (exact) mass is 378 g/mol. The predicted molar refractivity (Wildman–Crippen MR) is 77.6 cm³/mol. The molecule has 1 rings (SSSR count). The van der Waals surface area contributed by atoms with Gasteiger partial charge in [0.1, 0.15) is 0 Å². The van der Waals surface area contributed by atoms with Crippen LogP contribution in [0.4, 0.5) is 0 Å². The van der Waals surface area contributed by atoms with Crippen molar-refractivity contribution in [1.82, 2.24) is 0 Å². The highest BCUT2D eigenvalue weighted by molar-refractivity contribution is 9.11. The molecular formula is C13H16Br2O3. The molecule has 18 heavy (non-hydrogen) atoms. The fourth-order valence-electron chi connectivity index (χ4n) is 1.60. The molecule has 1 aromatic rings. The second-order valence-electron chi connectivity index (χ2n) is 5.03. The third-order valence-corrected chi connectivity index (χ3v) is 4.46. The fraction of sp³-hybridized carbons (Fsp3) is 0.462. The van der Waals surface area contributed by atoms with Crippen molar-refractivity contribution in [2.45, 2.75) is 33.3 Å². The van der Waals surface area contributed by atoms with Crippen molar-refractivity contribution in [3.63, 3.8) is 0 Å². The van der Waals surface area contributed by atoms with Crippen molar-refractivity contribution in [1.29, 1.82) is 0 Å². The number of aryl methyl sites for hydroxylation is 1. The van der Waals surface area contributed by atoms with Gasteiger partial charge < -0.3 is 10.2 Å². The van der Waals surface area contributed by atoms with Gasteiger partial charge in [-0.1, -0.05) is 31.9 Å². The fourth-order valence-corrected chi connectivity index (χ4v) is 2.68. The maximum atomic E-state index is 11.1. The topological polar surface area (TPSA) is 57.5 Å². The van der Waals surface area contributed by atoms with E-state index >= 15 is 0 Å². The van der Waals surface area contributed by atoms with Crippen molar-refractivity contribution >= 4 is 37.8 Å². The molecule has 0 fully saturated rings. The van der Waals surface area contributed by atoms with Gasteiger partial charge in [-0.05, 0) is 50.5 Å². The quantitative estimate of drug-likeness (QED) is 0.829. The van der Waals surface area contributed by atoms with Gasteiger partial charge in [-0.2, -0.15) is 0 Å². The Bertz CT molecular complexity index is 470. The average Bonchev–Trinajstić information content (AvgIpc) is 2.22. The summed E-state index contributed by atoms with van der Waals surface area (Å²) >= 11 is 6.81. The first-order valence-electron chi connectivity index (χ1n) is 5.52. The van der Waals surface area contributed by atoms with Gasteiger partial charge in [0.15, 0.2) is 0 Å². The minimum absolute atomic E-state index is 0.163. The van der Waals surface area contributed by atoms with Crippen LogP contribution in [0.25, 0.3) is 0 Å². The molecule has 0 saturated carbocycles. The van der Waals surface area contributed by atoms with Crippen LogP contribution in [0, 0.1) is 12.3 Å². The molecule has 0 aliphatic rings. The Morgan fingerprint density at radius 2 is 1.89 bits per heavy atom. The number of hydrogen-bond donors (Lipinski definition) is 2. The summed E-state index contributed by atoms with van der Waals surface area (Å²) in [6, 6.07) is 3.72. The Hall–Kier alpha value is -0.390. The summed E-state index contributed by atoms with van der Waals surface area (Å²) in [7, 11) is 0. The smallest absolute Gasteiger partial charge is 0.309 e. The van der Waals surface area contributed by atoms with Crippen molar-refractivity contribution < 1.29 is 15.0 Å². The lowest BCUT2D eigenvalue weighted by Crippen LogP contribution is -2.26. The van der Waals surface area contributed by atoms with E-state index in [-0.39, 0.29) is 6.42 Å². The maximum absolute atomic E-state index is 11.1. The van der Waals surface area contributed by atoms with E-state index < -0.39 is 17.5 Å². The first-order chi connectivity index (χ1) is 8.15. The van der Waals surface area contributed by atoms with E-state index in [4.69, 9.17) is 5.11 Å². The summed E-state index contributed by atoms with van der Waals surface area (Å²) in [4.78, 5) is 11.1. The minimum atomic E-state index is -0.962. The molecule has 1 atom stereocenters. The number of carbonyl (C=O) groups is 1. The molecule has 0 radical (unpaired) electrons. The van der Waals surface area contributed by atoms with Crippen molar-refractivity contribution in [3.05, 3.63) is 32.2 Å². The van der Waals surface area contributed by atoms with Crippen molar-refractivity contribution in [2.24, 2.45) is 5.41 Å². The first kappa shape index (κ1) is 15.7. The van der Waals surface area contributed by atoms with Crippen molar-refractivity contribution in [3.8, 4) is 0 Å². The van der Waals surface area contributed by atoms with E-state index in [0.717, 1.165) is 14.5 Å². The molecule has 0 aromatic heterocycles. The van der Waals surface area contributed by atoms with E-state index in [2.05, 4.69) is 31.9 Å². The lowest BCUT2D eigenvalue weighted by atomic mass is 9.85. The number of halogens is 2. The van der Waals surface area contributed by atoms with Gasteiger partial charge in [0.05, 0.1) is 11.5 Å². The highest BCUT2D eigenvalue weighted by Gasteiger charge is 2.31. The normalized spacial score (nSPS) is 13.4. The van der Waals surface area contributed by atoms with Crippen LogP contribution in [-0.2, 0) is 4.79 Å². The number of aliphatic hydroxyl groups is 1. The third kappa shape index (κ3) is 3.56. The van der Waals surface area contributed by atoms with Gasteiger partial charge in [-0.25, -0.2) is 0 Å². The van der Waals surface area contributed by atoms with Crippen LogP contribution in [0.3, 0.4) is 0 Å². The molecule has 1 aromatic carbocycles. The number of benzene rings is 1. The van der Waals surface area contributed by atoms with Crippen LogP contribution < -0.4 is 0 Å². The van der Waals surface area contributed by atoms with Crippen LogP contribution in [0.2, 0.25) is 0 Å². The summed E-state index contributed by atoms with van der Waals surface area (Å²) in [6.45, 7) is 5.16. The van der Waals surface area contributed by atoms with Gasteiger partial charge in [-0.15, -0.1) is 0 Å². The number of rotatable bonds is 4. The van der Waals surface area contributed by atoms with Crippen LogP contribution in [-0.4, -0.2) is 16.2 Å². The highest BCUT2D eigenvalue weighted by atomic mass is 79.9. The van der Waals surface area contributed by atoms with Crippen LogP contribution in [0.1, 0.15) is 37.5 Å². The van der Waals surface area contributed by atoms with E-state index in [0.29, 0.717) is 5.56 Å². The summed E-state index contributed by atoms with van der Waals surface area (Å²) in [5.41, 5.74) is 0.785. The van der Waals surface area contributed by atoms with E-state index in [1.165, 1.54) is 0 Å². The second-order valence-corrected chi connectivity index (χ2v) is 6.74. The number of aliphatic carboxylic acids is 1. The number of aliphatic hydroxyl groups excluding tert-OH is 1. The zero-order chi connectivity index (χ0) is 14.1. The molecule has 2 N–H and O–H groups in total. The lowest BCUT2D eigenvalue weighted by Gasteiger charge is -2.23. The zero-order valence-corrected chi connectivity index (χ0v) is 13.7. The summed E-state index contributed by atoms with van der Waals surface area (Å²) in [5.74, 6) is -0.913. The van der Waals surface area contributed by atoms with Crippen LogP contribution in [0.5, 0.6) is 0 Å². The average molecular weight is 380 g/mol. The highest BCUT2D eigenvalue weighted by Crippen LogP contribution is 2.36. The molecule has 100 valence electrons. The van der Waals surface area contributed by atoms with E-state index in [1.54, 1.807) is 13.8 Å². The predicted octanol–water partition coefficient (Wildman–Crippen LogP) is 4.05. The number of carboxylic acid groups (broad SMARTS) is 1. The van der Waals surface area contributed by atoms with Crippen LogP contribution >= 0.6 is 31.9 Å². The molecule has 5 heteroatoms. The Balaban J connectivity index is 3.01. The first-order valence-corrected chi connectivity index (χ1v) is 7.11. The Morgan fingerprint density at radius 1 is 1.33 bits per heavy atom. The summed E-state index contributed by atoms with van der Waals surface area (Å²) in [5, 5.41) is 19.3. The molecule has 0 spiro atoms. The van der Waals surface area contributed by atoms with E-state index in [9.17, 15) is 9.90 Å². The zero-order valence-electron chi connectivity index (χ0n) is 10.5. The second kappa shape index (κ2) is 5.72. The van der Waals surface area contributed by atoms with Gasteiger partial charge in [-0.3, -0.25) is 4.79 Å². The Labute approximate surface area is 123 Å². The van der Waals surface area contributed by atoms with Crippen LogP contribution in [0.15, 0.2) is 21.1 Å². The maximum Gasteiger partial charge on any atom is 0.309 e. The van der Waals surface area contributed by atoms with Gasteiger partial charge in [0, 0.05) is 8.95 Å². The molecule has 3 nitrogen and oxygen atoms in total. The van der Waals surface area contributed by atoms with Gasteiger partial charge >= 0.3 is 5.97 Å². The van der Waals surface area contributed by atoms with Gasteiger partial charge in [0.25, 0.3) is 0 Å². The summed E-state index contributed by atoms with van der Waals surface area (Å²) < 4.78 is 1.68. The summed E-state index contributed by atoms with van der Waals surface area (Å²) in [6.07, 6.45) is -0.654.